The van der Waals surface area contributed by atoms with E-state index in [9.17, 15) is 10.2 Å². The highest BCUT2D eigenvalue weighted by atomic mass is 16.7. The molecule has 1 heterocycles. The zero-order chi connectivity index (χ0) is 25.2. The van der Waals surface area contributed by atoms with Crippen LogP contribution in [-0.4, -0.2) is 60.7 Å². The summed E-state index contributed by atoms with van der Waals surface area (Å²) >= 11 is 0. The Hall–Kier alpha value is -2.62. The van der Waals surface area contributed by atoms with Gasteiger partial charge < -0.3 is 33.9 Å². The van der Waals surface area contributed by atoms with Crippen LogP contribution in [0.4, 0.5) is 0 Å². The maximum Gasteiger partial charge on any atom is 0.184 e. The summed E-state index contributed by atoms with van der Waals surface area (Å²) in [4.78, 5) is 0. The maximum atomic E-state index is 11.0. The van der Waals surface area contributed by atoms with Crippen molar-refractivity contribution in [3.8, 4) is 0 Å². The van der Waals surface area contributed by atoms with Crippen LogP contribution in [0.3, 0.4) is 0 Å². The van der Waals surface area contributed by atoms with Crippen LogP contribution in [0.2, 0.25) is 0 Å². The monoisotopic (exact) mass is 494 g/mol. The Morgan fingerprint density at radius 2 is 1.08 bits per heavy atom. The van der Waals surface area contributed by atoms with E-state index in [1.807, 2.05) is 91.0 Å². The summed E-state index contributed by atoms with van der Waals surface area (Å²) in [6.07, 6.45) is -5.56. The van der Waals surface area contributed by atoms with Crippen molar-refractivity contribution < 1.29 is 33.9 Å². The summed E-state index contributed by atoms with van der Waals surface area (Å²) in [5.74, 6) is 0. The average molecular weight is 495 g/mol. The molecule has 0 bridgehead atoms. The number of ether oxygens (including phenoxy) is 5. The summed E-state index contributed by atoms with van der Waals surface area (Å²) in [6.45, 7) is 0.830. The van der Waals surface area contributed by atoms with Gasteiger partial charge in [-0.1, -0.05) is 91.0 Å². The molecule has 0 amide bonds. The third kappa shape index (κ3) is 7.21. The molecule has 0 aliphatic carbocycles. The summed E-state index contributed by atoms with van der Waals surface area (Å²) in [6, 6.07) is 29.2. The zero-order valence-electron chi connectivity index (χ0n) is 20.4. The number of rotatable bonds is 12. The standard InChI is InChI=1S/C29H34O7/c1-32-20-24(30)25-26(33-17-21-11-5-2-6-12-21)27(34-18-22-13-7-3-8-14-22)28(29(31)36-25)35-19-23-15-9-4-10-16-23/h2-16,24-31H,17-20H2,1H3/t24-,25-,26+,27+,28+,29+/m0/s1. The van der Waals surface area contributed by atoms with E-state index in [1.54, 1.807) is 0 Å². The second kappa shape index (κ2) is 13.6. The predicted molar refractivity (Wildman–Crippen MR) is 134 cm³/mol. The van der Waals surface area contributed by atoms with Gasteiger partial charge in [-0.3, -0.25) is 0 Å². The second-order valence-electron chi connectivity index (χ2n) is 8.80. The van der Waals surface area contributed by atoms with Gasteiger partial charge in [-0.25, -0.2) is 0 Å². The highest BCUT2D eigenvalue weighted by Gasteiger charge is 2.50. The molecule has 1 aliphatic rings. The van der Waals surface area contributed by atoms with Crippen molar-refractivity contribution in [2.24, 2.45) is 0 Å². The molecule has 0 radical (unpaired) electrons. The molecule has 0 spiro atoms. The number of hydrogen-bond acceptors (Lipinski definition) is 7. The van der Waals surface area contributed by atoms with E-state index < -0.39 is 36.8 Å². The van der Waals surface area contributed by atoms with Gasteiger partial charge in [0, 0.05) is 7.11 Å². The molecule has 1 aliphatic heterocycles. The van der Waals surface area contributed by atoms with Gasteiger partial charge in [0.1, 0.15) is 30.5 Å². The number of aliphatic hydroxyl groups excluding tert-OH is 2. The molecular weight excluding hydrogens is 460 g/mol. The number of benzene rings is 3. The highest BCUT2D eigenvalue weighted by molar-refractivity contribution is 5.15. The van der Waals surface area contributed by atoms with Gasteiger partial charge in [0.2, 0.25) is 0 Å². The highest BCUT2D eigenvalue weighted by Crippen LogP contribution is 2.31. The smallest absolute Gasteiger partial charge is 0.184 e. The van der Waals surface area contributed by atoms with Crippen LogP contribution in [0.5, 0.6) is 0 Å². The number of aliphatic hydroxyl groups is 2. The van der Waals surface area contributed by atoms with Crippen molar-refractivity contribution in [2.75, 3.05) is 13.7 Å². The predicted octanol–water partition coefficient (Wildman–Crippen LogP) is 3.47. The fourth-order valence-electron chi connectivity index (χ4n) is 4.28. The summed E-state index contributed by atoms with van der Waals surface area (Å²) in [7, 11) is 1.50. The van der Waals surface area contributed by atoms with E-state index >= 15 is 0 Å². The van der Waals surface area contributed by atoms with Gasteiger partial charge >= 0.3 is 0 Å². The summed E-state index contributed by atoms with van der Waals surface area (Å²) < 4.78 is 29.9. The van der Waals surface area contributed by atoms with Gasteiger partial charge in [-0.05, 0) is 16.7 Å². The lowest BCUT2D eigenvalue weighted by Crippen LogP contribution is -2.63. The van der Waals surface area contributed by atoms with E-state index in [2.05, 4.69) is 0 Å². The first-order valence-electron chi connectivity index (χ1n) is 12.1. The van der Waals surface area contributed by atoms with E-state index in [0.29, 0.717) is 0 Å². The Labute approximate surface area is 212 Å². The molecule has 2 N–H and O–H groups in total. The van der Waals surface area contributed by atoms with Crippen LogP contribution in [0.1, 0.15) is 16.7 Å². The molecule has 1 saturated heterocycles. The molecule has 3 aromatic rings. The summed E-state index contributed by atoms with van der Waals surface area (Å²) in [5.41, 5.74) is 2.89. The number of methoxy groups -OCH3 is 1. The van der Waals surface area contributed by atoms with Gasteiger partial charge in [-0.15, -0.1) is 0 Å². The minimum atomic E-state index is -1.33. The Kier molecular flexibility index (Phi) is 10.0. The van der Waals surface area contributed by atoms with Crippen molar-refractivity contribution in [1.82, 2.24) is 0 Å². The topological polar surface area (TPSA) is 86.6 Å². The van der Waals surface area contributed by atoms with Gasteiger partial charge in [0.05, 0.1) is 26.4 Å². The zero-order valence-corrected chi connectivity index (χ0v) is 20.4. The van der Waals surface area contributed by atoms with E-state index in [-0.39, 0.29) is 26.4 Å². The van der Waals surface area contributed by atoms with Crippen LogP contribution in [0, 0.1) is 0 Å². The third-order valence-electron chi connectivity index (χ3n) is 6.12. The SMILES string of the molecule is COC[C@H](O)[C@@H]1O[C@@H](O)[C@H](OCc2ccccc2)[C@H](OCc2ccccc2)[C@@H]1OCc1ccccc1. The molecular formula is C29H34O7. The van der Waals surface area contributed by atoms with E-state index in [0.717, 1.165) is 16.7 Å². The van der Waals surface area contributed by atoms with Crippen molar-refractivity contribution in [3.05, 3.63) is 108 Å². The first-order valence-corrected chi connectivity index (χ1v) is 12.1. The fourth-order valence-corrected chi connectivity index (χ4v) is 4.28. The minimum Gasteiger partial charge on any atom is -0.388 e. The first kappa shape index (κ1) is 26.4. The van der Waals surface area contributed by atoms with Crippen molar-refractivity contribution in [2.45, 2.75) is 56.6 Å². The van der Waals surface area contributed by atoms with Crippen molar-refractivity contribution in [1.29, 1.82) is 0 Å². The molecule has 36 heavy (non-hydrogen) atoms. The van der Waals surface area contributed by atoms with Crippen LogP contribution >= 0.6 is 0 Å². The Bertz CT molecular complexity index is 1000. The molecule has 0 saturated carbocycles. The van der Waals surface area contributed by atoms with Gasteiger partial charge in [0.15, 0.2) is 6.29 Å². The molecule has 1 fully saturated rings. The third-order valence-corrected chi connectivity index (χ3v) is 6.12. The van der Waals surface area contributed by atoms with Crippen molar-refractivity contribution in [3.63, 3.8) is 0 Å². The lowest BCUT2D eigenvalue weighted by molar-refractivity contribution is -0.325. The van der Waals surface area contributed by atoms with E-state index in [4.69, 9.17) is 23.7 Å². The lowest BCUT2D eigenvalue weighted by Gasteiger charge is -2.45. The lowest BCUT2D eigenvalue weighted by atomic mass is 9.94. The molecule has 192 valence electrons. The van der Waals surface area contributed by atoms with Crippen molar-refractivity contribution >= 4 is 0 Å². The normalized spacial score (nSPS) is 24.9. The van der Waals surface area contributed by atoms with Crippen LogP contribution in [-0.2, 0) is 43.5 Å². The molecule has 7 heteroatoms. The Morgan fingerprint density at radius 1 is 0.667 bits per heavy atom. The average Bonchev–Trinajstić information content (AvgIpc) is 2.92. The molecule has 0 unspecified atom stereocenters. The summed E-state index contributed by atoms with van der Waals surface area (Å²) in [5, 5.41) is 21.8. The molecule has 6 atom stereocenters. The first-order chi connectivity index (χ1) is 17.7. The molecule has 0 aromatic heterocycles. The maximum absolute atomic E-state index is 11.0. The largest absolute Gasteiger partial charge is 0.388 e. The van der Waals surface area contributed by atoms with Crippen LogP contribution in [0.25, 0.3) is 0 Å². The van der Waals surface area contributed by atoms with Gasteiger partial charge in [-0.2, -0.15) is 0 Å². The Morgan fingerprint density at radius 3 is 1.53 bits per heavy atom. The Balaban J connectivity index is 1.59. The minimum absolute atomic E-state index is 0.0174. The number of hydrogen-bond donors (Lipinski definition) is 2. The molecule has 4 rings (SSSR count). The quantitative estimate of drug-likeness (QED) is 0.399. The second-order valence-corrected chi connectivity index (χ2v) is 8.80. The van der Waals surface area contributed by atoms with E-state index in [1.165, 1.54) is 7.11 Å². The van der Waals surface area contributed by atoms with Gasteiger partial charge in [0.25, 0.3) is 0 Å². The van der Waals surface area contributed by atoms with Crippen LogP contribution in [0.15, 0.2) is 91.0 Å². The molecule has 3 aromatic carbocycles. The molecule has 7 nitrogen and oxygen atoms in total. The fraction of sp³-hybridized carbons (Fsp3) is 0.379. The van der Waals surface area contributed by atoms with Crippen LogP contribution < -0.4 is 0 Å².